The molecule has 0 amide bonds. The molecule has 1 heterocycles. The number of aromatic carboxylic acids is 1. The van der Waals surface area contributed by atoms with E-state index in [0.29, 0.717) is 27.9 Å². The fourth-order valence-corrected chi connectivity index (χ4v) is 4.14. The van der Waals surface area contributed by atoms with Gasteiger partial charge in [-0.2, -0.15) is 0 Å². The minimum absolute atomic E-state index is 0.0848. The number of hydrogen-bond acceptors (Lipinski definition) is 3. The summed E-state index contributed by atoms with van der Waals surface area (Å²) in [5, 5.41) is 10.8. The number of aromatic nitrogens is 1. The number of nitrogens with zero attached hydrogens (tertiary/aromatic N) is 1. The molecule has 1 aliphatic rings. The third-order valence-corrected chi connectivity index (χ3v) is 5.89. The largest absolute Gasteiger partial charge is 0.488 e. The molecule has 4 rings (SSSR count). The quantitative estimate of drug-likeness (QED) is 0.433. The number of carboxylic acid groups (broad SMARTS) is 1. The molecule has 158 valence electrons. The predicted octanol–water partition coefficient (Wildman–Crippen LogP) is 7.07. The molecule has 1 N–H and O–H groups in total. The van der Waals surface area contributed by atoms with Crippen LogP contribution in [-0.4, -0.2) is 16.1 Å². The second-order valence-corrected chi connectivity index (χ2v) is 8.41. The smallest absolute Gasteiger partial charge is 0.354 e. The molecule has 0 saturated heterocycles. The fraction of sp³-hybridized carbons (Fsp3) is 0.200. The number of allylic oxidation sites excluding steroid dienone is 2. The number of hydrogen-bond donors (Lipinski definition) is 1. The number of benzene rings is 2. The molecule has 1 aromatic heterocycles. The van der Waals surface area contributed by atoms with E-state index in [1.54, 1.807) is 6.92 Å². The minimum atomic E-state index is -1.02. The number of carboxylic acids is 1. The van der Waals surface area contributed by atoms with Crippen LogP contribution in [0.3, 0.4) is 0 Å². The van der Waals surface area contributed by atoms with Crippen molar-refractivity contribution in [3.63, 3.8) is 0 Å². The van der Waals surface area contributed by atoms with Gasteiger partial charge in [-0.25, -0.2) is 9.78 Å². The lowest BCUT2D eigenvalue weighted by atomic mass is 9.98. The zero-order chi connectivity index (χ0) is 22.0. The highest BCUT2D eigenvalue weighted by Crippen LogP contribution is 2.43. The average Bonchev–Trinajstić information content (AvgIpc) is 3.24. The van der Waals surface area contributed by atoms with Gasteiger partial charge in [0, 0.05) is 15.6 Å². The van der Waals surface area contributed by atoms with Crippen molar-refractivity contribution in [1.29, 1.82) is 0 Å². The molecule has 0 radical (unpaired) electrons. The highest BCUT2D eigenvalue weighted by molar-refractivity contribution is 6.31. The number of ether oxygens (including phenoxy) is 1. The topological polar surface area (TPSA) is 59.4 Å². The first-order chi connectivity index (χ1) is 14.9. The zero-order valence-corrected chi connectivity index (χ0v) is 18.5. The van der Waals surface area contributed by atoms with Gasteiger partial charge in [-0.05, 0) is 84.9 Å². The van der Waals surface area contributed by atoms with Crippen LogP contribution in [-0.2, 0) is 6.61 Å². The third-order valence-electron chi connectivity index (χ3n) is 5.40. The van der Waals surface area contributed by atoms with Gasteiger partial charge in [0.2, 0.25) is 0 Å². The Morgan fingerprint density at radius 3 is 2.45 bits per heavy atom. The van der Waals surface area contributed by atoms with Crippen LogP contribution in [0.5, 0.6) is 5.75 Å². The van der Waals surface area contributed by atoms with E-state index in [2.05, 4.69) is 4.98 Å². The van der Waals surface area contributed by atoms with Crippen LogP contribution in [0, 0.1) is 6.92 Å². The van der Waals surface area contributed by atoms with E-state index in [4.69, 9.17) is 27.9 Å². The predicted molar refractivity (Wildman–Crippen MR) is 124 cm³/mol. The molecule has 0 saturated carbocycles. The first-order valence-electron chi connectivity index (χ1n) is 10.0. The first kappa shape index (κ1) is 21.4. The summed E-state index contributed by atoms with van der Waals surface area (Å²) in [5.41, 5.74) is 5.50. The summed E-state index contributed by atoms with van der Waals surface area (Å²) in [4.78, 5) is 16.0. The molecule has 0 bridgehead atoms. The number of aryl methyl sites for hydroxylation is 1. The van der Waals surface area contributed by atoms with Gasteiger partial charge in [-0.1, -0.05) is 41.4 Å². The number of halogens is 2. The van der Waals surface area contributed by atoms with Gasteiger partial charge < -0.3 is 9.84 Å². The standard InChI is InChI=1S/C25H21Cl2NO3/c1-15-5-11-22(28-24(15)25(29)30)20-4-2-3-19(20)21-13-18(27)10-12-23(21)31-14-16-6-8-17(26)9-7-16/h5-13H,2-4,14H2,1H3,(H,29,30). The third kappa shape index (κ3) is 4.76. The maximum atomic E-state index is 11.6. The average molecular weight is 454 g/mol. The van der Waals surface area contributed by atoms with E-state index < -0.39 is 5.97 Å². The van der Waals surface area contributed by atoms with Crippen molar-refractivity contribution in [2.75, 3.05) is 0 Å². The summed E-state index contributed by atoms with van der Waals surface area (Å²) in [7, 11) is 0. The van der Waals surface area contributed by atoms with Crippen LogP contribution >= 0.6 is 23.2 Å². The molecular formula is C25H21Cl2NO3. The van der Waals surface area contributed by atoms with Crippen molar-refractivity contribution >= 4 is 40.3 Å². The molecule has 0 aliphatic heterocycles. The molecule has 0 unspecified atom stereocenters. The lowest BCUT2D eigenvalue weighted by Crippen LogP contribution is -2.05. The van der Waals surface area contributed by atoms with Gasteiger partial charge in [0.1, 0.15) is 12.4 Å². The van der Waals surface area contributed by atoms with Crippen LogP contribution < -0.4 is 4.74 Å². The summed E-state index contributed by atoms with van der Waals surface area (Å²) in [5.74, 6) is -0.284. The summed E-state index contributed by atoms with van der Waals surface area (Å²) >= 11 is 12.3. The Balaban J connectivity index is 1.72. The van der Waals surface area contributed by atoms with Crippen LogP contribution in [0.15, 0.2) is 54.6 Å². The van der Waals surface area contributed by atoms with Gasteiger partial charge >= 0.3 is 5.97 Å². The highest BCUT2D eigenvalue weighted by Gasteiger charge is 2.23. The Morgan fingerprint density at radius 1 is 1.00 bits per heavy atom. The van der Waals surface area contributed by atoms with Gasteiger partial charge in [-0.3, -0.25) is 0 Å². The van der Waals surface area contributed by atoms with Crippen molar-refractivity contribution in [3.05, 3.63) is 92.7 Å². The van der Waals surface area contributed by atoms with Gasteiger partial charge in [0.25, 0.3) is 0 Å². The van der Waals surface area contributed by atoms with E-state index >= 15 is 0 Å². The molecule has 0 fully saturated rings. The van der Waals surface area contributed by atoms with Crippen LogP contribution in [0.4, 0.5) is 0 Å². The SMILES string of the molecule is Cc1ccc(C2=C(c3cc(Cl)ccc3OCc3ccc(Cl)cc3)CCC2)nc1C(=O)O. The second kappa shape index (κ2) is 9.13. The molecule has 0 spiro atoms. The van der Waals surface area contributed by atoms with Gasteiger partial charge in [-0.15, -0.1) is 0 Å². The van der Waals surface area contributed by atoms with Crippen LogP contribution in [0.1, 0.15) is 52.1 Å². The summed E-state index contributed by atoms with van der Waals surface area (Å²) in [6.07, 6.45) is 2.64. The maximum absolute atomic E-state index is 11.6. The fourth-order valence-electron chi connectivity index (χ4n) is 3.84. The van der Waals surface area contributed by atoms with E-state index in [1.807, 2.05) is 54.6 Å². The zero-order valence-electron chi connectivity index (χ0n) is 17.0. The van der Waals surface area contributed by atoms with E-state index in [0.717, 1.165) is 47.3 Å². The molecular weight excluding hydrogens is 433 g/mol. The maximum Gasteiger partial charge on any atom is 0.354 e. The lowest BCUT2D eigenvalue weighted by Gasteiger charge is -2.15. The second-order valence-electron chi connectivity index (χ2n) is 7.53. The van der Waals surface area contributed by atoms with Crippen molar-refractivity contribution in [3.8, 4) is 5.75 Å². The Bertz CT molecular complexity index is 1170. The Morgan fingerprint density at radius 2 is 1.71 bits per heavy atom. The number of rotatable bonds is 6. The Labute approximate surface area is 191 Å². The van der Waals surface area contributed by atoms with Gasteiger partial charge in [0.15, 0.2) is 5.69 Å². The lowest BCUT2D eigenvalue weighted by molar-refractivity contribution is 0.0689. The summed E-state index contributed by atoms with van der Waals surface area (Å²) < 4.78 is 6.15. The molecule has 31 heavy (non-hydrogen) atoms. The number of pyridine rings is 1. The van der Waals surface area contributed by atoms with Gasteiger partial charge in [0.05, 0.1) is 5.69 Å². The molecule has 1 aliphatic carbocycles. The van der Waals surface area contributed by atoms with E-state index in [-0.39, 0.29) is 5.69 Å². The summed E-state index contributed by atoms with van der Waals surface area (Å²) in [6.45, 7) is 2.16. The molecule has 2 aromatic carbocycles. The highest BCUT2D eigenvalue weighted by atomic mass is 35.5. The van der Waals surface area contributed by atoms with Crippen molar-refractivity contribution in [1.82, 2.24) is 4.98 Å². The van der Waals surface area contributed by atoms with Crippen molar-refractivity contribution in [2.45, 2.75) is 32.8 Å². The first-order valence-corrected chi connectivity index (χ1v) is 10.8. The summed E-state index contributed by atoms with van der Waals surface area (Å²) in [6, 6.07) is 16.8. The normalized spacial score (nSPS) is 13.5. The minimum Gasteiger partial charge on any atom is -0.488 e. The van der Waals surface area contributed by atoms with Crippen LogP contribution in [0.25, 0.3) is 11.1 Å². The Hall–Kier alpha value is -2.82. The number of carbonyl (C=O) groups is 1. The molecule has 6 heteroatoms. The van der Waals surface area contributed by atoms with E-state index in [9.17, 15) is 9.90 Å². The van der Waals surface area contributed by atoms with Crippen molar-refractivity contribution < 1.29 is 14.6 Å². The van der Waals surface area contributed by atoms with Crippen LogP contribution in [0.2, 0.25) is 10.0 Å². The molecule has 3 aromatic rings. The molecule has 0 atom stereocenters. The Kier molecular flexibility index (Phi) is 6.30. The van der Waals surface area contributed by atoms with Crippen molar-refractivity contribution in [2.24, 2.45) is 0 Å². The molecule has 4 nitrogen and oxygen atoms in total. The monoisotopic (exact) mass is 453 g/mol. The van der Waals surface area contributed by atoms with E-state index in [1.165, 1.54) is 0 Å².